The number of aromatic amines is 1. The molecular weight excluding hydrogens is 286 g/mol. The van der Waals surface area contributed by atoms with Crippen molar-refractivity contribution in [2.45, 2.75) is 19.8 Å². The van der Waals surface area contributed by atoms with Gasteiger partial charge in [0.2, 0.25) is 0 Å². The summed E-state index contributed by atoms with van der Waals surface area (Å²) in [5.74, 6) is 1.12. The van der Waals surface area contributed by atoms with Gasteiger partial charge in [-0.2, -0.15) is 0 Å². The van der Waals surface area contributed by atoms with E-state index in [1.165, 1.54) is 0 Å². The Labute approximate surface area is 133 Å². The van der Waals surface area contributed by atoms with Crippen molar-refractivity contribution in [3.05, 3.63) is 70.8 Å². The van der Waals surface area contributed by atoms with Crippen LogP contribution in [-0.4, -0.2) is 14.4 Å². The average Bonchev–Trinajstić information content (AvgIpc) is 2.97. The summed E-state index contributed by atoms with van der Waals surface area (Å²) < 4.78 is 2.00. The number of fused-ring (bicyclic) bond motifs is 3. The van der Waals surface area contributed by atoms with Crippen molar-refractivity contribution < 1.29 is 0 Å². The van der Waals surface area contributed by atoms with Crippen LogP contribution in [0.1, 0.15) is 25.6 Å². The van der Waals surface area contributed by atoms with Crippen molar-refractivity contribution in [3.8, 4) is 11.3 Å². The van der Waals surface area contributed by atoms with E-state index < -0.39 is 0 Å². The predicted molar refractivity (Wildman–Crippen MR) is 92.8 cm³/mol. The molecular formula is C19H17N3O. The van der Waals surface area contributed by atoms with E-state index in [2.05, 4.69) is 18.8 Å². The van der Waals surface area contributed by atoms with Crippen LogP contribution in [-0.2, 0) is 0 Å². The molecule has 4 nitrogen and oxygen atoms in total. The minimum absolute atomic E-state index is 0.109. The first-order valence-corrected chi connectivity index (χ1v) is 7.75. The summed E-state index contributed by atoms with van der Waals surface area (Å²) >= 11 is 0. The highest BCUT2D eigenvalue weighted by molar-refractivity contribution is 5.85. The first-order chi connectivity index (χ1) is 11.2. The highest BCUT2D eigenvalue weighted by Gasteiger charge is 2.19. The van der Waals surface area contributed by atoms with Crippen LogP contribution in [0.4, 0.5) is 0 Å². The van der Waals surface area contributed by atoms with Crippen LogP contribution >= 0.6 is 0 Å². The molecule has 0 atom stereocenters. The molecule has 0 aliphatic rings. The zero-order valence-corrected chi connectivity index (χ0v) is 13.1. The lowest BCUT2D eigenvalue weighted by atomic mass is 10.1. The molecule has 0 saturated carbocycles. The zero-order chi connectivity index (χ0) is 16.0. The highest BCUT2D eigenvalue weighted by atomic mass is 16.1. The molecule has 0 unspecified atom stereocenters. The first kappa shape index (κ1) is 13.8. The van der Waals surface area contributed by atoms with Gasteiger partial charge in [0.25, 0.3) is 5.56 Å². The number of nitrogens with one attached hydrogen (secondary N) is 1. The van der Waals surface area contributed by atoms with Gasteiger partial charge in [0.15, 0.2) is 0 Å². The van der Waals surface area contributed by atoms with Gasteiger partial charge in [-0.25, -0.2) is 4.98 Å². The van der Waals surface area contributed by atoms with Crippen molar-refractivity contribution in [1.82, 2.24) is 14.4 Å². The predicted octanol–water partition coefficient (Wildman–Crippen LogP) is 3.97. The summed E-state index contributed by atoms with van der Waals surface area (Å²) in [6.07, 6.45) is 0. The lowest BCUT2D eigenvalue weighted by Crippen LogP contribution is -2.12. The second-order valence-corrected chi connectivity index (χ2v) is 5.99. The number of aromatic nitrogens is 3. The molecule has 2 aromatic carbocycles. The third-order valence-electron chi connectivity index (χ3n) is 4.08. The molecule has 1 N–H and O–H groups in total. The monoisotopic (exact) mass is 303 g/mol. The fourth-order valence-corrected chi connectivity index (χ4v) is 3.03. The molecule has 23 heavy (non-hydrogen) atoms. The van der Waals surface area contributed by atoms with E-state index in [1.54, 1.807) is 0 Å². The Morgan fingerprint density at radius 3 is 2.43 bits per heavy atom. The summed E-state index contributed by atoms with van der Waals surface area (Å²) in [5.41, 5.74) is 3.99. The molecule has 0 aliphatic carbocycles. The maximum absolute atomic E-state index is 12.7. The number of hydrogen-bond acceptors (Lipinski definition) is 2. The number of para-hydroxylation sites is 2. The van der Waals surface area contributed by atoms with Gasteiger partial charge in [-0.15, -0.1) is 0 Å². The van der Waals surface area contributed by atoms with Gasteiger partial charge < -0.3 is 4.98 Å². The molecule has 0 bridgehead atoms. The molecule has 2 heterocycles. The van der Waals surface area contributed by atoms with Gasteiger partial charge in [-0.3, -0.25) is 9.20 Å². The second kappa shape index (κ2) is 5.09. The number of hydrogen-bond donors (Lipinski definition) is 1. The van der Waals surface area contributed by atoms with Crippen LogP contribution < -0.4 is 5.56 Å². The van der Waals surface area contributed by atoms with E-state index in [-0.39, 0.29) is 11.5 Å². The molecule has 4 aromatic rings. The lowest BCUT2D eigenvalue weighted by Gasteiger charge is -2.07. The Morgan fingerprint density at radius 1 is 1.00 bits per heavy atom. The number of benzene rings is 2. The zero-order valence-electron chi connectivity index (χ0n) is 13.1. The Kier molecular flexibility index (Phi) is 3.05. The normalized spacial score (nSPS) is 11.6. The van der Waals surface area contributed by atoms with E-state index in [1.807, 2.05) is 59.0 Å². The van der Waals surface area contributed by atoms with Crippen molar-refractivity contribution in [3.63, 3.8) is 0 Å². The Morgan fingerprint density at radius 2 is 1.70 bits per heavy atom. The third kappa shape index (κ3) is 2.06. The Balaban J connectivity index is 2.23. The van der Waals surface area contributed by atoms with Crippen LogP contribution in [0.5, 0.6) is 0 Å². The molecule has 0 fully saturated rings. The summed E-state index contributed by atoms with van der Waals surface area (Å²) in [6.45, 7) is 4.19. The molecule has 2 aromatic heterocycles. The highest BCUT2D eigenvalue weighted by Crippen LogP contribution is 2.28. The standard InChI is InChI=1S/C19H17N3O/c1-12(2)18-21-16(13-8-4-3-5-9-13)17-19(23)20-14-10-6-7-11-15(14)22(17)18/h3-12H,1-2H3,(H,20,23). The van der Waals surface area contributed by atoms with Crippen molar-refractivity contribution in [2.75, 3.05) is 0 Å². The largest absolute Gasteiger partial charge is 0.319 e. The van der Waals surface area contributed by atoms with Gasteiger partial charge in [-0.05, 0) is 12.1 Å². The molecule has 0 aliphatic heterocycles. The van der Waals surface area contributed by atoms with Crippen LogP contribution in [0.25, 0.3) is 27.8 Å². The Bertz CT molecular complexity index is 1060. The minimum Gasteiger partial charge on any atom is -0.319 e. The lowest BCUT2D eigenvalue weighted by molar-refractivity contribution is 0.778. The molecule has 0 radical (unpaired) electrons. The summed E-state index contributed by atoms with van der Waals surface area (Å²) in [6, 6.07) is 17.7. The summed E-state index contributed by atoms with van der Waals surface area (Å²) in [7, 11) is 0. The van der Waals surface area contributed by atoms with Crippen LogP contribution in [0, 0.1) is 0 Å². The van der Waals surface area contributed by atoms with Crippen LogP contribution in [0.2, 0.25) is 0 Å². The van der Waals surface area contributed by atoms with E-state index in [9.17, 15) is 4.79 Å². The molecule has 114 valence electrons. The van der Waals surface area contributed by atoms with Gasteiger partial charge in [0.1, 0.15) is 17.0 Å². The fraction of sp³-hybridized carbons (Fsp3) is 0.158. The number of nitrogens with zero attached hydrogens (tertiary/aromatic N) is 2. The van der Waals surface area contributed by atoms with Crippen LogP contribution in [0.3, 0.4) is 0 Å². The topological polar surface area (TPSA) is 50.2 Å². The molecule has 0 spiro atoms. The molecule has 4 heteroatoms. The van der Waals surface area contributed by atoms with Crippen molar-refractivity contribution in [2.24, 2.45) is 0 Å². The van der Waals surface area contributed by atoms with Crippen molar-refractivity contribution in [1.29, 1.82) is 0 Å². The third-order valence-corrected chi connectivity index (χ3v) is 4.08. The summed E-state index contributed by atoms with van der Waals surface area (Å²) in [5, 5.41) is 0. The second-order valence-electron chi connectivity index (χ2n) is 5.99. The van der Waals surface area contributed by atoms with E-state index >= 15 is 0 Å². The quantitative estimate of drug-likeness (QED) is 0.609. The Hall–Kier alpha value is -2.88. The number of imidazole rings is 1. The smallest absolute Gasteiger partial charge is 0.275 e. The SMILES string of the molecule is CC(C)c1nc(-c2ccccc2)c2c(=O)[nH]c3ccccc3n12. The maximum atomic E-state index is 12.7. The van der Waals surface area contributed by atoms with Gasteiger partial charge in [0, 0.05) is 11.5 Å². The average molecular weight is 303 g/mol. The van der Waals surface area contributed by atoms with Crippen molar-refractivity contribution >= 4 is 16.6 Å². The molecule has 0 saturated heterocycles. The fourth-order valence-electron chi connectivity index (χ4n) is 3.03. The van der Waals surface area contributed by atoms with E-state index in [0.29, 0.717) is 5.52 Å². The summed E-state index contributed by atoms with van der Waals surface area (Å²) in [4.78, 5) is 20.5. The molecule has 0 amide bonds. The van der Waals surface area contributed by atoms with Gasteiger partial charge in [-0.1, -0.05) is 56.3 Å². The first-order valence-electron chi connectivity index (χ1n) is 7.75. The van der Waals surface area contributed by atoms with Gasteiger partial charge >= 0.3 is 0 Å². The minimum atomic E-state index is -0.109. The number of rotatable bonds is 2. The van der Waals surface area contributed by atoms with E-state index in [4.69, 9.17) is 4.98 Å². The number of H-pyrrole nitrogens is 1. The van der Waals surface area contributed by atoms with E-state index in [0.717, 1.165) is 28.1 Å². The molecule has 4 rings (SSSR count). The van der Waals surface area contributed by atoms with Crippen LogP contribution in [0.15, 0.2) is 59.4 Å². The van der Waals surface area contributed by atoms with Gasteiger partial charge in [0.05, 0.1) is 11.0 Å². The maximum Gasteiger partial charge on any atom is 0.275 e.